The van der Waals surface area contributed by atoms with Gasteiger partial charge in [0.2, 0.25) is 0 Å². The topological polar surface area (TPSA) is 47.0 Å². The van der Waals surface area contributed by atoms with E-state index in [1.165, 1.54) is 17.7 Å². The van der Waals surface area contributed by atoms with Crippen molar-refractivity contribution in [2.24, 2.45) is 5.92 Å². The van der Waals surface area contributed by atoms with Crippen molar-refractivity contribution < 1.29 is 4.74 Å². The van der Waals surface area contributed by atoms with Gasteiger partial charge in [-0.3, -0.25) is 0 Å². The molecule has 1 heterocycles. The predicted octanol–water partition coefficient (Wildman–Crippen LogP) is 2.16. The molecule has 1 aliphatic carbocycles. The molecule has 1 aromatic rings. The normalized spacial score (nSPS) is 18.9. The van der Waals surface area contributed by atoms with Crippen molar-refractivity contribution in [1.29, 1.82) is 0 Å². The van der Waals surface area contributed by atoms with Gasteiger partial charge in [0.25, 0.3) is 0 Å². The van der Waals surface area contributed by atoms with Crippen LogP contribution >= 0.6 is 0 Å². The number of hydrogen-bond donors (Lipinski definition) is 1. The number of nitrogens with zero attached hydrogens (tertiary/aromatic N) is 2. The second-order valence-corrected chi connectivity index (χ2v) is 6.74. The molecule has 1 aliphatic rings. The summed E-state index contributed by atoms with van der Waals surface area (Å²) in [7, 11) is 1.71. The number of rotatable bonds is 5. The SMILES string of the molecule is COCCc1ncc2c(n1)CCC(CNC(C)(C)C)C2. The fourth-order valence-corrected chi connectivity index (χ4v) is 2.56. The van der Waals surface area contributed by atoms with Crippen LogP contribution in [-0.2, 0) is 24.0 Å². The van der Waals surface area contributed by atoms with Crippen LogP contribution < -0.4 is 5.32 Å². The highest BCUT2D eigenvalue weighted by Crippen LogP contribution is 2.23. The molecule has 0 spiro atoms. The fraction of sp³-hybridized carbons (Fsp3) is 0.750. The molecule has 0 saturated heterocycles. The van der Waals surface area contributed by atoms with Crippen LogP contribution in [0.15, 0.2) is 6.20 Å². The summed E-state index contributed by atoms with van der Waals surface area (Å²) in [6.07, 6.45) is 6.23. The molecule has 4 nitrogen and oxygen atoms in total. The molecule has 1 unspecified atom stereocenters. The third kappa shape index (κ3) is 4.53. The van der Waals surface area contributed by atoms with Crippen LogP contribution in [-0.4, -0.2) is 35.8 Å². The number of hydrogen-bond acceptors (Lipinski definition) is 4. The smallest absolute Gasteiger partial charge is 0.130 e. The number of ether oxygens (including phenoxy) is 1. The molecule has 4 heteroatoms. The Kier molecular flexibility index (Phi) is 5.11. The van der Waals surface area contributed by atoms with Gasteiger partial charge >= 0.3 is 0 Å². The van der Waals surface area contributed by atoms with Gasteiger partial charge in [-0.05, 0) is 58.1 Å². The van der Waals surface area contributed by atoms with E-state index in [9.17, 15) is 0 Å². The van der Waals surface area contributed by atoms with E-state index in [0.717, 1.165) is 31.6 Å². The Labute approximate surface area is 122 Å². The number of aryl methyl sites for hydroxylation is 1. The monoisotopic (exact) mass is 277 g/mol. The Bertz CT molecular complexity index is 440. The molecular weight excluding hydrogens is 250 g/mol. The van der Waals surface area contributed by atoms with Crippen LogP contribution in [0.5, 0.6) is 0 Å². The van der Waals surface area contributed by atoms with Gasteiger partial charge < -0.3 is 10.1 Å². The average molecular weight is 277 g/mol. The minimum Gasteiger partial charge on any atom is -0.384 e. The molecular formula is C16H27N3O. The minimum absolute atomic E-state index is 0.195. The summed E-state index contributed by atoms with van der Waals surface area (Å²) in [5.74, 6) is 1.62. The van der Waals surface area contributed by atoms with Gasteiger partial charge in [-0.1, -0.05) is 0 Å². The predicted molar refractivity (Wildman–Crippen MR) is 80.9 cm³/mol. The highest BCUT2D eigenvalue weighted by Gasteiger charge is 2.21. The van der Waals surface area contributed by atoms with Crippen LogP contribution in [0.2, 0.25) is 0 Å². The Balaban J connectivity index is 1.93. The number of fused-ring (bicyclic) bond motifs is 1. The van der Waals surface area contributed by atoms with Gasteiger partial charge in [-0.25, -0.2) is 9.97 Å². The number of aromatic nitrogens is 2. The maximum atomic E-state index is 5.08. The summed E-state index contributed by atoms with van der Waals surface area (Å²) in [6.45, 7) is 8.42. The van der Waals surface area contributed by atoms with Crippen molar-refractivity contribution in [3.05, 3.63) is 23.3 Å². The van der Waals surface area contributed by atoms with E-state index in [4.69, 9.17) is 4.74 Å². The molecule has 1 atom stereocenters. The lowest BCUT2D eigenvalue weighted by atomic mass is 9.86. The standard InChI is InChI=1S/C16H27N3O/c1-16(2,3)18-10-12-5-6-14-13(9-12)11-17-15(19-14)7-8-20-4/h11-12,18H,5-10H2,1-4H3. The van der Waals surface area contributed by atoms with Crippen molar-refractivity contribution >= 4 is 0 Å². The van der Waals surface area contributed by atoms with Crippen LogP contribution in [0.4, 0.5) is 0 Å². The molecule has 0 amide bonds. The van der Waals surface area contributed by atoms with E-state index in [0.29, 0.717) is 12.5 Å². The summed E-state index contributed by atoms with van der Waals surface area (Å²) in [6, 6.07) is 0. The second-order valence-electron chi connectivity index (χ2n) is 6.74. The third-order valence-electron chi connectivity index (χ3n) is 3.75. The quantitative estimate of drug-likeness (QED) is 0.896. The van der Waals surface area contributed by atoms with E-state index in [1.807, 2.05) is 6.20 Å². The van der Waals surface area contributed by atoms with E-state index in [1.54, 1.807) is 7.11 Å². The van der Waals surface area contributed by atoms with Gasteiger partial charge in [-0.2, -0.15) is 0 Å². The number of nitrogens with one attached hydrogen (secondary N) is 1. The second kappa shape index (κ2) is 6.64. The summed E-state index contributed by atoms with van der Waals surface area (Å²) >= 11 is 0. The van der Waals surface area contributed by atoms with Gasteiger partial charge in [0.15, 0.2) is 0 Å². The maximum absolute atomic E-state index is 5.08. The highest BCUT2D eigenvalue weighted by molar-refractivity contribution is 5.21. The Morgan fingerprint density at radius 3 is 2.90 bits per heavy atom. The lowest BCUT2D eigenvalue weighted by molar-refractivity contribution is 0.200. The fourth-order valence-electron chi connectivity index (χ4n) is 2.56. The largest absolute Gasteiger partial charge is 0.384 e. The molecule has 0 radical (unpaired) electrons. The molecule has 1 N–H and O–H groups in total. The van der Waals surface area contributed by atoms with Gasteiger partial charge in [0, 0.05) is 31.0 Å². The summed E-state index contributed by atoms with van der Waals surface area (Å²) in [5, 5.41) is 3.60. The first kappa shape index (κ1) is 15.4. The molecule has 112 valence electrons. The van der Waals surface area contributed by atoms with Crippen LogP contribution in [0.1, 0.15) is 44.3 Å². The molecule has 0 aromatic carbocycles. The molecule has 2 rings (SSSR count). The van der Waals surface area contributed by atoms with E-state index in [-0.39, 0.29) is 5.54 Å². The molecule has 20 heavy (non-hydrogen) atoms. The van der Waals surface area contributed by atoms with Gasteiger partial charge in [0.1, 0.15) is 5.82 Å². The first-order chi connectivity index (χ1) is 9.48. The zero-order valence-electron chi connectivity index (χ0n) is 13.2. The van der Waals surface area contributed by atoms with Crippen LogP contribution in [0.25, 0.3) is 0 Å². The molecule has 0 fully saturated rings. The number of methoxy groups -OCH3 is 1. The summed E-state index contributed by atoms with van der Waals surface area (Å²) in [4.78, 5) is 9.14. The first-order valence-corrected chi connectivity index (χ1v) is 7.55. The Morgan fingerprint density at radius 2 is 2.20 bits per heavy atom. The minimum atomic E-state index is 0.195. The van der Waals surface area contributed by atoms with E-state index >= 15 is 0 Å². The van der Waals surface area contributed by atoms with Crippen molar-refractivity contribution in [1.82, 2.24) is 15.3 Å². The highest BCUT2D eigenvalue weighted by atomic mass is 16.5. The van der Waals surface area contributed by atoms with E-state index in [2.05, 4.69) is 36.1 Å². The zero-order valence-corrected chi connectivity index (χ0v) is 13.2. The molecule has 0 aliphatic heterocycles. The maximum Gasteiger partial charge on any atom is 0.130 e. The Morgan fingerprint density at radius 1 is 1.40 bits per heavy atom. The lowest BCUT2D eigenvalue weighted by Crippen LogP contribution is -2.40. The molecule has 1 aromatic heterocycles. The van der Waals surface area contributed by atoms with Crippen LogP contribution in [0, 0.1) is 5.92 Å². The van der Waals surface area contributed by atoms with Gasteiger partial charge in [0.05, 0.1) is 6.61 Å². The Hall–Kier alpha value is -1.00. The van der Waals surface area contributed by atoms with Crippen molar-refractivity contribution in [2.75, 3.05) is 20.3 Å². The van der Waals surface area contributed by atoms with Gasteiger partial charge in [-0.15, -0.1) is 0 Å². The zero-order chi connectivity index (χ0) is 14.6. The molecule has 0 saturated carbocycles. The third-order valence-corrected chi connectivity index (χ3v) is 3.75. The lowest BCUT2D eigenvalue weighted by Gasteiger charge is -2.28. The van der Waals surface area contributed by atoms with Crippen molar-refractivity contribution in [3.63, 3.8) is 0 Å². The first-order valence-electron chi connectivity index (χ1n) is 7.55. The van der Waals surface area contributed by atoms with Crippen molar-refractivity contribution in [3.8, 4) is 0 Å². The van der Waals surface area contributed by atoms with E-state index < -0.39 is 0 Å². The summed E-state index contributed by atoms with van der Waals surface area (Å²) < 4.78 is 5.08. The van der Waals surface area contributed by atoms with Crippen molar-refractivity contribution in [2.45, 2.75) is 52.0 Å². The average Bonchev–Trinajstić information content (AvgIpc) is 2.41. The summed E-state index contributed by atoms with van der Waals surface area (Å²) in [5.41, 5.74) is 2.78. The van der Waals surface area contributed by atoms with Crippen LogP contribution in [0.3, 0.4) is 0 Å². The molecule has 0 bridgehead atoms.